The van der Waals surface area contributed by atoms with Crippen molar-refractivity contribution in [2.75, 3.05) is 18.0 Å². The number of amides is 2. The molecule has 3 rings (SSSR count). The second-order valence-electron chi connectivity index (χ2n) is 5.96. The summed E-state index contributed by atoms with van der Waals surface area (Å²) in [5.41, 5.74) is 1.90. The average Bonchev–Trinajstić information content (AvgIpc) is 3.20. The summed E-state index contributed by atoms with van der Waals surface area (Å²) in [6.45, 7) is 2.91. The van der Waals surface area contributed by atoms with Crippen molar-refractivity contribution in [3.8, 4) is 0 Å². The van der Waals surface area contributed by atoms with Crippen LogP contribution in [0.1, 0.15) is 17.7 Å². The highest BCUT2D eigenvalue weighted by Gasteiger charge is 2.35. The molecule has 1 unspecified atom stereocenters. The molecule has 1 N–H and O–H groups in total. The predicted octanol–water partition coefficient (Wildman–Crippen LogP) is 3.06. The van der Waals surface area contributed by atoms with Crippen LogP contribution in [0.2, 0.25) is 0 Å². The van der Waals surface area contributed by atoms with Crippen LogP contribution in [0.3, 0.4) is 0 Å². The third-order valence-electron chi connectivity index (χ3n) is 4.20. The summed E-state index contributed by atoms with van der Waals surface area (Å²) < 4.78 is 6.24. The molecule has 5 nitrogen and oxygen atoms in total. The highest BCUT2D eigenvalue weighted by atomic mass is 79.9. The number of hydrogen-bond donors (Lipinski definition) is 1. The van der Waals surface area contributed by atoms with E-state index in [-0.39, 0.29) is 24.2 Å². The number of nitrogens with zero attached hydrogens (tertiary/aromatic N) is 1. The molecule has 1 aliphatic heterocycles. The van der Waals surface area contributed by atoms with Crippen molar-refractivity contribution >= 4 is 33.4 Å². The van der Waals surface area contributed by atoms with Gasteiger partial charge in [0.1, 0.15) is 5.76 Å². The van der Waals surface area contributed by atoms with Crippen LogP contribution in [-0.4, -0.2) is 24.9 Å². The number of nitrogens with one attached hydrogen (secondary N) is 1. The van der Waals surface area contributed by atoms with Gasteiger partial charge < -0.3 is 14.6 Å². The van der Waals surface area contributed by atoms with Crippen LogP contribution >= 0.6 is 15.9 Å². The first-order valence-corrected chi connectivity index (χ1v) is 8.70. The minimum Gasteiger partial charge on any atom is -0.469 e. The molecular weight excluding hydrogens is 372 g/mol. The summed E-state index contributed by atoms with van der Waals surface area (Å²) in [7, 11) is 0. The van der Waals surface area contributed by atoms with Gasteiger partial charge in [-0.2, -0.15) is 0 Å². The molecule has 0 bridgehead atoms. The van der Waals surface area contributed by atoms with Gasteiger partial charge >= 0.3 is 0 Å². The topological polar surface area (TPSA) is 62.6 Å². The number of benzene rings is 1. The van der Waals surface area contributed by atoms with Gasteiger partial charge in [0.2, 0.25) is 11.8 Å². The molecule has 2 amide bonds. The van der Waals surface area contributed by atoms with Gasteiger partial charge in [-0.1, -0.05) is 15.9 Å². The van der Waals surface area contributed by atoms with E-state index in [0.717, 1.165) is 21.5 Å². The molecule has 1 aromatic heterocycles. The maximum Gasteiger partial charge on any atom is 0.227 e. The minimum absolute atomic E-state index is 0.0112. The van der Waals surface area contributed by atoms with Gasteiger partial charge in [0.15, 0.2) is 0 Å². The summed E-state index contributed by atoms with van der Waals surface area (Å²) in [5, 5.41) is 2.89. The molecule has 0 radical (unpaired) electrons. The SMILES string of the molecule is Cc1cc(N2CC(C(=O)NCCc3ccco3)CC2=O)ccc1Br. The highest BCUT2D eigenvalue weighted by molar-refractivity contribution is 9.10. The Hall–Kier alpha value is -2.08. The Morgan fingerprint density at radius 2 is 2.25 bits per heavy atom. The van der Waals surface area contributed by atoms with Crippen LogP contribution in [0.5, 0.6) is 0 Å². The van der Waals surface area contributed by atoms with Crippen molar-refractivity contribution in [3.63, 3.8) is 0 Å². The number of aryl methyl sites for hydroxylation is 1. The molecular formula is C18H19BrN2O3. The Kier molecular flexibility index (Phi) is 5.04. The van der Waals surface area contributed by atoms with Crippen molar-refractivity contribution in [2.24, 2.45) is 5.92 Å². The molecule has 2 aromatic rings. The monoisotopic (exact) mass is 390 g/mol. The molecule has 6 heteroatoms. The van der Waals surface area contributed by atoms with Crippen LogP contribution in [0.25, 0.3) is 0 Å². The van der Waals surface area contributed by atoms with Crippen LogP contribution in [0.15, 0.2) is 45.5 Å². The maximum absolute atomic E-state index is 12.3. The normalized spacial score (nSPS) is 17.3. The van der Waals surface area contributed by atoms with Gasteiger partial charge in [-0.3, -0.25) is 9.59 Å². The highest BCUT2D eigenvalue weighted by Crippen LogP contribution is 2.28. The number of anilines is 1. The van der Waals surface area contributed by atoms with E-state index in [1.807, 2.05) is 37.3 Å². The second-order valence-corrected chi connectivity index (χ2v) is 6.81. The Bertz CT molecular complexity index is 743. The Morgan fingerprint density at radius 3 is 2.96 bits per heavy atom. The maximum atomic E-state index is 12.3. The van der Waals surface area contributed by atoms with E-state index in [1.54, 1.807) is 11.2 Å². The van der Waals surface area contributed by atoms with Crippen molar-refractivity contribution in [3.05, 3.63) is 52.4 Å². The van der Waals surface area contributed by atoms with Crippen LogP contribution in [0, 0.1) is 12.8 Å². The summed E-state index contributed by atoms with van der Waals surface area (Å²) in [6, 6.07) is 9.48. The van der Waals surface area contributed by atoms with E-state index in [4.69, 9.17) is 4.42 Å². The largest absolute Gasteiger partial charge is 0.469 e. The summed E-state index contributed by atoms with van der Waals surface area (Å²) in [6.07, 6.45) is 2.52. The van der Waals surface area contributed by atoms with Gasteiger partial charge in [0.25, 0.3) is 0 Å². The van der Waals surface area contributed by atoms with Crippen LogP contribution in [-0.2, 0) is 16.0 Å². The molecule has 2 heterocycles. The summed E-state index contributed by atoms with van der Waals surface area (Å²) in [5.74, 6) is 0.442. The van der Waals surface area contributed by atoms with E-state index >= 15 is 0 Å². The third kappa shape index (κ3) is 3.70. The summed E-state index contributed by atoms with van der Waals surface area (Å²) >= 11 is 3.46. The number of carbonyl (C=O) groups is 2. The molecule has 0 spiro atoms. The molecule has 1 fully saturated rings. The Morgan fingerprint density at radius 1 is 1.42 bits per heavy atom. The Balaban J connectivity index is 1.57. The van der Waals surface area contributed by atoms with Crippen molar-refractivity contribution in [1.29, 1.82) is 0 Å². The number of carbonyl (C=O) groups excluding carboxylic acids is 2. The average molecular weight is 391 g/mol. The number of halogens is 1. The first kappa shape index (κ1) is 16.8. The van der Waals surface area contributed by atoms with Crippen molar-refractivity contribution < 1.29 is 14.0 Å². The fraction of sp³-hybridized carbons (Fsp3) is 0.333. The van der Waals surface area contributed by atoms with E-state index < -0.39 is 0 Å². The quantitative estimate of drug-likeness (QED) is 0.852. The van der Waals surface area contributed by atoms with Crippen molar-refractivity contribution in [2.45, 2.75) is 19.8 Å². The fourth-order valence-electron chi connectivity index (χ4n) is 2.84. The lowest BCUT2D eigenvalue weighted by molar-refractivity contribution is -0.126. The van der Waals surface area contributed by atoms with Gasteiger partial charge in [-0.05, 0) is 42.8 Å². The fourth-order valence-corrected chi connectivity index (χ4v) is 3.08. The van der Waals surface area contributed by atoms with Gasteiger partial charge in [0.05, 0.1) is 12.2 Å². The van der Waals surface area contributed by atoms with Gasteiger partial charge in [-0.15, -0.1) is 0 Å². The standard InChI is InChI=1S/C18H19BrN2O3/c1-12-9-14(4-5-16(12)19)21-11-13(10-17(21)22)18(23)20-7-6-15-3-2-8-24-15/h2-5,8-9,13H,6-7,10-11H2,1H3,(H,20,23). The zero-order chi connectivity index (χ0) is 17.1. The molecule has 0 aliphatic carbocycles. The number of furan rings is 1. The zero-order valence-electron chi connectivity index (χ0n) is 13.4. The third-order valence-corrected chi connectivity index (χ3v) is 5.09. The summed E-state index contributed by atoms with van der Waals surface area (Å²) in [4.78, 5) is 26.2. The van der Waals surface area contributed by atoms with Gasteiger partial charge in [0, 0.05) is 36.1 Å². The first-order chi connectivity index (χ1) is 11.5. The zero-order valence-corrected chi connectivity index (χ0v) is 15.0. The van der Waals surface area contributed by atoms with Gasteiger partial charge in [-0.25, -0.2) is 0 Å². The van der Waals surface area contributed by atoms with Crippen LogP contribution < -0.4 is 10.2 Å². The molecule has 126 valence electrons. The molecule has 1 saturated heterocycles. The lowest BCUT2D eigenvalue weighted by Crippen LogP contribution is -2.34. The van der Waals surface area contributed by atoms with E-state index in [0.29, 0.717) is 19.5 Å². The smallest absolute Gasteiger partial charge is 0.227 e. The predicted molar refractivity (Wildman–Crippen MR) is 94.8 cm³/mol. The lowest BCUT2D eigenvalue weighted by atomic mass is 10.1. The van der Waals surface area contributed by atoms with E-state index in [1.165, 1.54) is 0 Å². The molecule has 1 aromatic carbocycles. The minimum atomic E-state index is -0.307. The first-order valence-electron chi connectivity index (χ1n) is 7.91. The molecule has 0 saturated carbocycles. The number of hydrogen-bond acceptors (Lipinski definition) is 3. The molecule has 1 atom stereocenters. The van der Waals surface area contributed by atoms with Crippen LogP contribution in [0.4, 0.5) is 5.69 Å². The number of rotatable bonds is 5. The second kappa shape index (κ2) is 7.21. The van der Waals surface area contributed by atoms with E-state index in [2.05, 4.69) is 21.2 Å². The lowest BCUT2D eigenvalue weighted by Gasteiger charge is -2.17. The molecule has 1 aliphatic rings. The molecule has 24 heavy (non-hydrogen) atoms. The van der Waals surface area contributed by atoms with E-state index in [9.17, 15) is 9.59 Å². The van der Waals surface area contributed by atoms with Crippen molar-refractivity contribution in [1.82, 2.24) is 5.32 Å². The Labute approximate surface area is 149 Å².